The molecule has 0 saturated carbocycles. The number of nitrogens with zero attached hydrogens (tertiary/aromatic N) is 2. The van der Waals surface area contributed by atoms with E-state index in [1.165, 1.54) is 23.3 Å². The van der Waals surface area contributed by atoms with Crippen LogP contribution < -0.4 is 19.8 Å². The first-order valence-electron chi connectivity index (χ1n) is 10.1. The van der Waals surface area contributed by atoms with Crippen LogP contribution in [0.2, 0.25) is 0 Å². The second-order valence-electron chi connectivity index (χ2n) is 7.61. The summed E-state index contributed by atoms with van der Waals surface area (Å²) in [5, 5.41) is 0.872. The monoisotopic (exact) mass is 526 g/mol. The molecule has 2 aromatic carbocycles. The summed E-state index contributed by atoms with van der Waals surface area (Å²) in [6.07, 6.45) is 0. The number of carbonyl (C=O) groups is 1. The van der Waals surface area contributed by atoms with Crippen LogP contribution in [0.25, 0.3) is 11.0 Å². The van der Waals surface area contributed by atoms with E-state index in [4.69, 9.17) is 13.9 Å². The highest BCUT2D eigenvalue weighted by atomic mass is 79.9. The molecule has 33 heavy (non-hydrogen) atoms. The molecule has 0 radical (unpaired) electrons. The van der Waals surface area contributed by atoms with Crippen LogP contribution in [0.5, 0.6) is 11.5 Å². The Balaban J connectivity index is 1.87. The van der Waals surface area contributed by atoms with Gasteiger partial charge in [0.2, 0.25) is 5.76 Å². The van der Waals surface area contributed by atoms with E-state index in [9.17, 15) is 9.59 Å². The van der Waals surface area contributed by atoms with Crippen LogP contribution in [0.4, 0.5) is 5.13 Å². The number of anilines is 1. The largest absolute Gasteiger partial charge is 0.493 e. The molecule has 7 nitrogen and oxygen atoms in total. The molecule has 1 aliphatic rings. The van der Waals surface area contributed by atoms with Gasteiger partial charge in [0.25, 0.3) is 5.91 Å². The smallest absolute Gasteiger partial charge is 0.297 e. The maximum atomic E-state index is 13.8. The molecular formula is C24H19BrN2O5S. The van der Waals surface area contributed by atoms with E-state index in [1.54, 1.807) is 37.4 Å². The fourth-order valence-corrected chi connectivity index (χ4v) is 5.42. The molecule has 1 atom stereocenters. The van der Waals surface area contributed by atoms with Gasteiger partial charge in [0.1, 0.15) is 11.6 Å². The Kier molecular flexibility index (Phi) is 5.25. The predicted octanol–water partition coefficient (Wildman–Crippen LogP) is 5.40. The van der Waals surface area contributed by atoms with Gasteiger partial charge in [0.05, 0.1) is 30.9 Å². The number of carbonyl (C=O) groups excluding carboxylic acids is 1. The lowest BCUT2D eigenvalue weighted by atomic mass is 9.97. The first kappa shape index (κ1) is 21.7. The molecule has 2 aromatic heterocycles. The van der Waals surface area contributed by atoms with Crippen molar-refractivity contribution in [1.29, 1.82) is 0 Å². The number of halogens is 1. The molecule has 1 aliphatic heterocycles. The minimum atomic E-state index is -0.790. The summed E-state index contributed by atoms with van der Waals surface area (Å²) in [7, 11) is 3.07. The van der Waals surface area contributed by atoms with Gasteiger partial charge in [-0.3, -0.25) is 14.5 Å². The average Bonchev–Trinajstić information content (AvgIpc) is 3.29. The van der Waals surface area contributed by atoms with Crippen molar-refractivity contribution in [3.63, 3.8) is 0 Å². The molecule has 0 unspecified atom stereocenters. The van der Waals surface area contributed by atoms with Gasteiger partial charge in [0.15, 0.2) is 22.1 Å². The van der Waals surface area contributed by atoms with E-state index in [-0.39, 0.29) is 16.8 Å². The van der Waals surface area contributed by atoms with Gasteiger partial charge in [-0.15, -0.1) is 11.3 Å². The van der Waals surface area contributed by atoms with Crippen molar-refractivity contribution >= 4 is 49.3 Å². The molecular weight excluding hydrogens is 508 g/mol. The molecule has 3 heterocycles. The molecule has 0 spiro atoms. The maximum Gasteiger partial charge on any atom is 0.297 e. The highest BCUT2D eigenvalue weighted by molar-refractivity contribution is 9.10. The van der Waals surface area contributed by atoms with Gasteiger partial charge in [-0.05, 0) is 38.1 Å². The van der Waals surface area contributed by atoms with Crippen molar-refractivity contribution in [3.8, 4) is 11.5 Å². The highest BCUT2D eigenvalue weighted by Gasteiger charge is 2.46. The number of aromatic nitrogens is 1. The number of benzene rings is 2. The Labute approximate surface area is 201 Å². The predicted molar refractivity (Wildman–Crippen MR) is 130 cm³/mol. The number of aryl methyl sites for hydroxylation is 2. The number of hydrogen-bond donors (Lipinski definition) is 0. The fourth-order valence-electron chi connectivity index (χ4n) is 4.12. The Morgan fingerprint density at radius 1 is 1.12 bits per heavy atom. The summed E-state index contributed by atoms with van der Waals surface area (Å²) in [6.45, 7) is 3.83. The number of thiazole rings is 1. The minimum Gasteiger partial charge on any atom is -0.493 e. The molecule has 0 aliphatic carbocycles. The van der Waals surface area contributed by atoms with Crippen molar-refractivity contribution in [3.05, 3.63) is 78.6 Å². The van der Waals surface area contributed by atoms with Crippen molar-refractivity contribution in [2.24, 2.45) is 0 Å². The van der Waals surface area contributed by atoms with E-state index >= 15 is 0 Å². The number of fused-ring (bicyclic) bond motifs is 2. The molecule has 0 bridgehead atoms. The molecule has 4 aromatic rings. The van der Waals surface area contributed by atoms with E-state index < -0.39 is 11.9 Å². The van der Waals surface area contributed by atoms with E-state index in [0.29, 0.717) is 33.2 Å². The minimum absolute atomic E-state index is 0.00945. The van der Waals surface area contributed by atoms with E-state index in [2.05, 4.69) is 20.9 Å². The standard InChI is InChI=1S/C24H19BrN2O5S/c1-11-12(2)33-24(26-11)27-19(14-6-5-7-17(30-3)21(14)31-4)18-20(28)15-10-13(25)8-9-16(15)32-22(18)23(27)29/h5-10,19H,1-4H3/t19-/m0/s1. The Hall–Kier alpha value is -3.17. The highest BCUT2D eigenvalue weighted by Crippen LogP contribution is 2.47. The van der Waals surface area contributed by atoms with E-state index in [0.717, 1.165) is 15.0 Å². The molecule has 9 heteroatoms. The fraction of sp³-hybridized carbons (Fsp3) is 0.208. The third kappa shape index (κ3) is 3.26. The Morgan fingerprint density at radius 3 is 2.58 bits per heavy atom. The van der Waals surface area contributed by atoms with Crippen LogP contribution in [-0.2, 0) is 0 Å². The van der Waals surface area contributed by atoms with Gasteiger partial charge in [-0.25, -0.2) is 4.98 Å². The summed E-state index contributed by atoms with van der Waals surface area (Å²) >= 11 is 4.81. The average molecular weight is 527 g/mol. The number of amides is 1. The first-order valence-corrected chi connectivity index (χ1v) is 11.7. The SMILES string of the molecule is COc1cccc([C@H]2c3c(oc4ccc(Br)cc4c3=O)C(=O)N2c2nc(C)c(C)s2)c1OC. The zero-order valence-electron chi connectivity index (χ0n) is 18.3. The lowest BCUT2D eigenvalue weighted by molar-refractivity contribution is 0.0970. The molecule has 5 rings (SSSR count). The van der Waals surface area contributed by atoms with Crippen LogP contribution in [0, 0.1) is 13.8 Å². The van der Waals surface area contributed by atoms with Gasteiger partial charge >= 0.3 is 0 Å². The number of methoxy groups -OCH3 is 2. The Bertz CT molecular complexity index is 1470. The number of para-hydroxylation sites is 1. The first-order chi connectivity index (χ1) is 15.8. The van der Waals surface area contributed by atoms with Crippen LogP contribution in [0.15, 0.2) is 50.1 Å². The van der Waals surface area contributed by atoms with Crippen LogP contribution >= 0.6 is 27.3 Å². The van der Waals surface area contributed by atoms with Crippen LogP contribution in [0.3, 0.4) is 0 Å². The molecule has 168 valence electrons. The van der Waals surface area contributed by atoms with Gasteiger partial charge in [-0.1, -0.05) is 28.1 Å². The third-order valence-corrected chi connectivity index (χ3v) is 7.35. The number of rotatable bonds is 4. The quantitative estimate of drug-likeness (QED) is 0.354. The van der Waals surface area contributed by atoms with Crippen molar-refractivity contribution in [2.45, 2.75) is 19.9 Å². The van der Waals surface area contributed by atoms with Crippen molar-refractivity contribution in [2.75, 3.05) is 19.1 Å². The number of hydrogen-bond acceptors (Lipinski definition) is 7. The van der Waals surface area contributed by atoms with Gasteiger partial charge in [0, 0.05) is 14.9 Å². The van der Waals surface area contributed by atoms with Crippen molar-refractivity contribution < 1.29 is 18.7 Å². The van der Waals surface area contributed by atoms with Gasteiger partial charge in [-0.2, -0.15) is 0 Å². The Morgan fingerprint density at radius 2 is 1.91 bits per heavy atom. The van der Waals surface area contributed by atoms with Crippen LogP contribution in [-0.4, -0.2) is 25.1 Å². The lowest BCUT2D eigenvalue weighted by Crippen LogP contribution is -2.29. The third-order valence-electron chi connectivity index (χ3n) is 5.78. The summed E-state index contributed by atoms with van der Waals surface area (Å²) in [5.41, 5.74) is 1.76. The summed E-state index contributed by atoms with van der Waals surface area (Å²) in [4.78, 5) is 34.6. The second-order valence-corrected chi connectivity index (χ2v) is 9.71. The topological polar surface area (TPSA) is 81.9 Å². The molecule has 0 fully saturated rings. The number of ether oxygens (including phenoxy) is 2. The normalized spacial score (nSPS) is 15.2. The molecule has 0 saturated heterocycles. The van der Waals surface area contributed by atoms with Crippen LogP contribution in [0.1, 0.15) is 38.3 Å². The van der Waals surface area contributed by atoms with Crippen molar-refractivity contribution in [1.82, 2.24) is 4.98 Å². The zero-order valence-corrected chi connectivity index (χ0v) is 20.7. The summed E-state index contributed by atoms with van der Waals surface area (Å²) in [6, 6.07) is 9.74. The summed E-state index contributed by atoms with van der Waals surface area (Å²) < 4.78 is 17.9. The summed E-state index contributed by atoms with van der Waals surface area (Å²) in [5.74, 6) is 0.524. The second kappa shape index (κ2) is 8.00. The van der Waals surface area contributed by atoms with E-state index in [1.807, 2.05) is 19.9 Å². The molecule has 0 N–H and O–H groups in total. The maximum absolute atomic E-state index is 13.8. The van der Waals surface area contributed by atoms with Gasteiger partial charge < -0.3 is 13.9 Å². The lowest BCUT2D eigenvalue weighted by Gasteiger charge is -2.25. The zero-order chi connectivity index (χ0) is 23.4. The molecule has 1 amide bonds.